The van der Waals surface area contributed by atoms with Crippen molar-refractivity contribution in [3.8, 4) is 0 Å². The quantitative estimate of drug-likeness (QED) is 0.816. The summed E-state index contributed by atoms with van der Waals surface area (Å²) in [5, 5.41) is 2.19. The minimum Gasteiger partial charge on any atom is -0.348 e. The van der Waals surface area contributed by atoms with E-state index in [1.54, 1.807) is 0 Å². The van der Waals surface area contributed by atoms with E-state index in [9.17, 15) is 0 Å². The first-order chi connectivity index (χ1) is 12.3. The minimum absolute atomic E-state index is 0.0999. The van der Waals surface area contributed by atoms with Gasteiger partial charge in [0.1, 0.15) is 0 Å². The number of benzene rings is 1. The molecule has 1 saturated carbocycles. The maximum atomic E-state index is 6.34. The molecule has 1 aromatic carbocycles. The van der Waals surface area contributed by atoms with Crippen molar-refractivity contribution < 1.29 is 14.3 Å². The SMILES string of the molecule is C(=C\[C@@H]1CC2CC3(COC4(CCCCC4)OC3)N1O2)/c1ccccc1. The molecule has 3 atom stereocenters. The van der Waals surface area contributed by atoms with Gasteiger partial charge in [0.25, 0.3) is 0 Å². The highest BCUT2D eigenvalue weighted by molar-refractivity contribution is 5.49. The number of hydroxylamine groups is 2. The van der Waals surface area contributed by atoms with Crippen molar-refractivity contribution in [2.45, 2.75) is 68.4 Å². The van der Waals surface area contributed by atoms with Gasteiger partial charge in [0, 0.05) is 19.3 Å². The monoisotopic (exact) mass is 341 g/mol. The average molecular weight is 341 g/mol. The van der Waals surface area contributed by atoms with E-state index in [2.05, 4.69) is 41.5 Å². The fourth-order valence-corrected chi connectivity index (χ4v) is 4.93. The molecule has 5 rings (SSSR count). The highest BCUT2D eigenvalue weighted by Crippen LogP contribution is 2.48. The second-order valence-electron chi connectivity index (χ2n) is 8.10. The molecule has 2 bridgehead atoms. The molecule has 2 unspecified atom stereocenters. The molecule has 0 amide bonds. The van der Waals surface area contributed by atoms with Gasteiger partial charge in [-0.05, 0) is 24.8 Å². The molecule has 25 heavy (non-hydrogen) atoms. The summed E-state index contributed by atoms with van der Waals surface area (Å²) in [5.41, 5.74) is 1.13. The third-order valence-electron chi connectivity index (χ3n) is 6.28. The number of piperidine rings is 1. The van der Waals surface area contributed by atoms with Crippen molar-refractivity contribution in [2.24, 2.45) is 0 Å². The summed E-state index contributed by atoms with van der Waals surface area (Å²) in [7, 11) is 0. The van der Waals surface area contributed by atoms with Crippen molar-refractivity contribution in [3.63, 3.8) is 0 Å². The molecule has 4 nitrogen and oxygen atoms in total. The zero-order valence-corrected chi connectivity index (χ0v) is 14.7. The Morgan fingerprint density at radius 1 is 1.00 bits per heavy atom. The maximum Gasteiger partial charge on any atom is 0.168 e. The first-order valence-corrected chi connectivity index (χ1v) is 9.74. The summed E-state index contributed by atoms with van der Waals surface area (Å²) in [4.78, 5) is 6.16. The van der Waals surface area contributed by atoms with Gasteiger partial charge in [0.05, 0.1) is 30.9 Å². The number of nitrogens with zero attached hydrogens (tertiary/aromatic N) is 1. The topological polar surface area (TPSA) is 30.9 Å². The molecule has 2 spiro atoms. The van der Waals surface area contributed by atoms with E-state index in [1.807, 2.05) is 6.07 Å². The van der Waals surface area contributed by atoms with Crippen LogP contribution in [0.3, 0.4) is 0 Å². The number of hydrogen-bond donors (Lipinski definition) is 0. The Labute approximate surface area is 149 Å². The first-order valence-electron chi connectivity index (χ1n) is 9.74. The fraction of sp³-hybridized carbons (Fsp3) is 0.619. The number of ether oxygens (including phenoxy) is 2. The van der Waals surface area contributed by atoms with Crippen LogP contribution >= 0.6 is 0 Å². The van der Waals surface area contributed by atoms with Crippen molar-refractivity contribution >= 4 is 6.08 Å². The van der Waals surface area contributed by atoms with Crippen LogP contribution in [-0.4, -0.2) is 41.7 Å². The predicted octanol–water partition coefficient (Wildman–Crippen LogP) is 3.92. The van der Waals surface area contributed by atoms with Gasteiger partial charge in [-0.25, -0.2) is 0 Å². The zero-order chi connectivity index (χ0) is 16.7. The van der Waals surface area contributed by atoms with Gasteiger partial charge in [-0.1, -0.05) is 48.9 Å². The molecule has 0 aromatic heterocycles. The van der Waals surface area contributed by atoms with Crippen LogP contribution in [0.15, 0.2) is 36.4 Å². The van der Waals surface area contributed by atoms with Crippen molar-refractivity contribution in [1.82, 2.24) is 5.06 Å². The van der Waals surface area contributed by atoms with Gasteiger partial charge in [0.15, 0.2) is 5.79 Å². The van der Waals surface area contributed by atoms with Crippen LogP contribution in [0.25, 0.3) is 6.08 Å². The van der Waals surface area contributed by atoms with Gasteiger partial charge >= 0.3 is 0 Å². The third-order valence-corrected chi connectivity index (χ3v) is 6.28. The Morgan fingerprint density at radius 3 is 2.48 bits per heavy atom. The van der Waals surface area contributed by atoms with Crippen molar-refractivity contribution in [1.29, 1.82) is 0 Å². The highest BCUT2D eigenvalue weighted by Gasteiger charge is 2.59. The molecule has 3 heterocycles. The molecule has 0 N–H and O–H groups in total. The summed E-state index contributed by atoms with van der Waals surface area (Å²) in [6.07, 6.45) is 12.7. The summed E-state index contributed by atoms with van der Waals surface area (Å²) < 4.78 is 12.7. The van der Waals surface area contributed by atoms with E-state index in [0.717, 1.165) is 38.9 Å². The van der Waals surface area contributed by atoms with Gasteiger partial charge in [0.2, 0.25) is 0 Å². The Morgan fingerprint density at radius 2 is 1.76 bits per heavy atom. The zero-order valence-electron chi connectivity index (χ0n) is 14.7. The standard InChI is InChI=1S/C21H27NO3/c1-3-7-17(8-4-1)9-10-18-13-19-14-20(22(18)25-19)15-23-21(24-16-20)11-5-2-6-12-21/h1,3-4,7-10,18-19H,2,5-6,11-16H2/b10-9+/t18-,19?/m1/s1. The molecule has 0 radical (unpaired) electrons. The van der Waals surface area contributed by atoms with Gasteiger partial charge in [-0.15, -0.1) is 0 Å². The van der Waals surface area contributed by atoms with Crippen molar-refractivity contribution in [3.05, 3.63) is 42.0 Å². The number of fused-ring (bicyclic) bond motifs is 3. The van der Waals surface area contributed by atoms with Crippen LogP contribution in [0.5, 0.6) is 0 Å². The largest absolute Gasteiger partial charge is 0.348 e. The second kappa shape index (κ2) is 6.20. The van der Waals surface area contributed by atoms with E-state index in [4.69, 9.17) is 14.3 Å². The Hall–Kier alpha value is -1.20. The summed E-state index contributed by atoms with van der Waals surface area (Å²) in [5.74, 6) is -0.304. The molecule has 134 valence electrons. The van der Waals surface area contributed by atoms with E-state index in [-0.39, 0.29) is 11.3 Å². The van der Waals surface area contributed by atoms with Gasteiger partial charge in [-0.3, -0.25) is 4.84 Å². The molecule has 4 fully saturated rings. The lowest BCUT2D eigenvalue weighted by molar-refractivity contribution is -0.331. The minimum atomic E-state index is -0.304. The normalized spacial score (nSPS) is 35.8. The second-order valence-corrected chi connectivity index (χ2v) is 8.10. The molecular formula is C21H27NO3. The lowest BCUT2D eigenvalue weighted by Crippen LogP contribution is -2.62. The van der Waals surface area contributed by atoms with E-state index in [1.165, 1.54) is 24.8 Å². The molecule has 3 saturated heterocycles. The summed E-state index contributed by atoms with van der Waals surface area (Å²) in [6, 6.07) is 10.8. The van der Waals surface area contributed by atoms with Crippen LogP contribution in [0.2, 0.25) is 0 Å². The molecule has 4 aliphatic rings. The summed E-state index contributed by atoms with van der Waals surface area (Å²) in [6.45, 7) is 1.47. The Balaban J connectivity index is 1.29. The molecule has 1 aromatic rings. The molecule has 3 aliphatic heterocycles. The average Bonchev–Trinajstić information content (AvgIpc) is 3.23. The van der Waals surface area contributed by atoms with Gasteiger partial charge < -0.3 is 9.47 Å². The smallest absolute Gasteiger partial charge is 0.168 e. The lowest BCUT2D eigenvalue weighted by atomic mass is 9.84. The number of rotatable bonds is 2. The van der Waals surface area contributed by atoms with Gasteiger partial charge in [-0.2, -0.15) is 5.06 Å². The van der Waals surface area contributed by atoms with Crippen molar-refractivity contribution in [2.75, 3.05) is 13.2 Å². The summed E-state index contributed by atoms with van der Waals surface area (Å²) >= 11 is 0. The lowest BCUT2D eigenvalue weighted by Gasteiger charge is -2.50. The fourth-order valence-electron chi connectivity index (χ4n) is 4.93. The van der Waals surface area contributed by atoms with E-state index < -0.39 is 0 Å². The highest BCUT2D eigenvalue weighted by atomic mass is 16.7. The molecule has 4 heteroatoms. The first kappa shape index (κ1) is 16.0. The van der Waals surface area contributed by atoms with E-state index in [0.29, 0.717) is 12.1 Å². The number of hydrogen-bond acceptors (Lipinski definition) is 4. The maximum absolute atomic E-state index is 6.34. The van der Waals surface area contributed by atoms with Crippen LogP contribution < -0.4 is 0 Å². The van der Waals surface area contributed by atoms with Crippen LogP contribution in [0, 0.1) is 0 Å². The molecular weight excluding hydrogens is 314 g/mol. The Kier molecular flexibility index (Phi) is 3.97. The van der Waals surface area contributed by atoms with Crippen LogP contribution in [-0.2, 0) is 14.3 Å². The third kappa shape index (κ3) is 2.85. The predicted molar refractivity (Wildman–Crippen MR) is 95.7 cm³/mol. The van der Waals surface area contributed by atoms with Crippen LogP contribution in [0.4, 0.5) is 0 Å². The van der Waals surface area contributed by atoms with E-state index >= 15 is 0 Å². The molecule has 1 aliphatic carbocycles. The Bertz CT molecular complexity index is 628. The van der Waals surface area contributed by atoms with Crippen LogP contribution in [0.1, 0.15) is 50.5 Å².